The van der Waals surface area contributed by atoms with Crippen molar-refractivity contribution in [1.29, 1.82) is 0 Å². The number of nitrogens with one attached hydrogen (secondary N) is 1. The molecule has 0 radical (unpaired) electrons. The highest BCUT2D eigenvalue weighted by molar-refractivity contribution is 7.15. The van der Waals surface area contributed by atoms with Crippen LogP contribution in [-0.4, -0.2) is 6.54 Å². The first-order valence-electron chi connectivity index (χ1n) is 5.65. The SMILES string of the molecule is CCCNCc1occc1-c1ccc(C)s1. The molecule has 0 spiro atoms. The third kappa shape index (κ3) is 2.54. The Morgan fingerprint density at radius 2 is 2.19 bits per heavy atom. The average molecular weight is 235 g/mol. The summed E-state index contributed by atoms with van der Waals surface area (Å²) in [5, 5.41) is 3.37. The van der Waals surface area contributed by atoms with E-state index in [1.54, 1.807) is 6.26 Å². The molecule has 0 fully saturated rings. The van der Waals surface area contributed by atoms with Crippen LogP contribution in [0, 0.1) is 6.92 Å². The number of aryl methyl sites for hydroxylation is 1. The first-order valence-corrected chi connectivity index (χ1v) is 6.47. The Kier molecular flexibility index (Phi) is 3.80. The van der Waals surface area contributed by atoms with Crippen LogP contribution in [-0.2, 0) is 6.54 Å². The average Bonchev–Trinajstić information content (AvgIpc) is 2.87. The van der Waals surface area contributed by atoms with Gasteiger partial charge < -0.3 is 9.73 Å². The molecule has 86 valence electrons. The zero-order valence-corrected chi connectivity index (χ0v) is 10.6. The lowest BCUT2D eigenvalue weighted by Gasteiger charge is -2.02. The van der Waals surface area contributed by atoms with Crippen LogP contribution in [0.3, 0.4) is 0 Å². The molecule has 2 nitrogen and oxygen atoms in total. The summed E-state index contributed by atoms with van der Waals surface area (Å²) < 4.78 is 5.52. The Morgan fingerprint density at radius 1 is 1.31 bits per heavy atom. The predicted octanol–water partition coefficient (Wildman–Crippen LogP) is 3.82. The second-order valence-corrected chi connectivity index (χ2v) is 5.13. The van der Waals surface area contributed by atoms with Gasteiger partial charge in [-0.05, 0) is 38.1 Å². The van der Waals surface area contributed by atoms with E-state index in [1.807, 2.05) is 17.4 Å². The van der Waals surface area contributed by atoms with Gasteiger partial charge in [0.25, 0.3) is 0 Å². The normalized spacial score (nSPS) is 10.9. The van der Waals surface area contributed by atoms with Crippen LogP contribution in [0.2, 0.25) is 0 Å². The number of thiophene rings is 1. The van der Waals surface area contributed by atoms with Gasteiger partial charge in [0.1, 0.15) is 5.76 Å². The van der Waals surface area contributed by atoms with E-state index in [4.69, 9.17) is 4.42 Å². The molecule has 0 aliphatic heterocycles. The van der Waals surface area contributed by atoms with Gasteiger partial charge in [0, 0.05) is 15.3 Å². The zero-order valence-electron chi connectivity index (χ0n) is 9.75. The molecule has 2 aromatic rings. The Morgan fingerprint density at radius 3 is 2.88 bits per heavy atom. The summed E-state index contributed by atoms with van der Waals surface area (Å²) in [5.74, 6) is 1.04. The lowest BCUT2D eigenvalue weighted by atomic mass is 10.2. The molecule has 16 heavy (non-hydrogen) atoms. The molecule has 0 aliphatic carbocycles. The fourth-order valence-corrected chi connectivity index (χ4v) is 2.57. The van der Waals surface area contributed by atoms with E-state index in [-0.39, 0.29) is 0 Å². The Hall–Kier alpha value is -1.06. The Labute approximate surface area is 100 Å². The molecule has 1 N–H and O–H groups in total. The highest BCUT2D eigenvalue weighted by Crippen LogP contribution is 2.31. The quantitative estimate of drug-likeness (QED) is 0.797. The minimum absolute atomic E-state index is 0.813. The largest absolute Gasteiger partial charge is 0.467 e. The first kappa shape index (κ1) is 11.4. The number of furan rings is 1. The van der Waals surface area contributed by atoms with Crippen molar-refractivity contribution in [2.45, 2.75) is 26.8 Å². The molecule has 0 aliphatic rings. The van der Waals surface area contributed by atoms with Gasteiger partial charge in [-0.1, -0.05) is 6.92 Å². The fraction of sp³-hybridized carbons (Fsp3) is 0.385. The van der Waals surface area contributed by atoms with Crippen molar-refractivity contribution in [2.75, 3.05) is 6.54 Å². The van der Waals surface area contributed by atoms with Crippen LogP contribution in [0.1, 0.15) is 24.0 Å². The summed E-state index contributed by atoms with van der Waals surface area (Å²) >= 11 is 1.81. The molecule has 0 unspecified atom stereocenters. The van der Waals surface area contributed by atoms with Crippen LogP contribution in [0.15, 0.2) is 28.9 Å². The van der Waals surface area contributed by atoms with E-state index in [9.17, 15) is 0 Å². The molecule has 0 bridgehead atoms. The minimum atomic E-state index is 0.813. The fourth-order valence-electron chi connectivity index (χ4n) is 1.66. The van der Waals surface area contributed by atoms with Gasteiger partial charge in [-0.15, -0.1) is 11.3 Å². The molecule has 3 heteroatoms. The van der Waals surface area contributed by atoms with Crippen molar-refractivity contribution >= 4 is 11.3 Å². The summed E-state index contributed by atoms with van der Waals surface area (Å²) in [6, 6.07) is 6.36. The number of rotatable bonds is 5. The van der Waals surface area contributed by atoms with Gasteiger partial charge in [0.05, 0.1) is 12.8 Å². The lowest BCUT2D eigenvalue weighted by molar-refractivity contribution is 0.484. The van der Waals surface area contributed by atoms with Gasteiger partial charge in [-0.25, -0.2) is 0 Å². The Bertz CT molecular complexity index is 444. The molecular weight excluding hydrogens is 218 g/mol. The molecule has 0 saturated heterocycles. The maximum Gasteiger partial charge on any atom is 0.126 e. The van der Waals surface area contributed by atoms with Crippen molar-refractivity contribution in [2.24, 2.45) is 0 Å². The summed E-state index contributed by atoms with van der Waals surface area (Å²) in [6.07, 6.45) is 2.92. The van der Waals surface area contributed by atoms with Crippen LogP contribution >= 0.6 is 11.3 Å². The second-order valence-electron chi connectivity index (χ2n) is 3.84. The van der Waals surface area contributed by atoms with Crippen LogP contribution in [0.25, 0.3) is 10.4 Å². The van der Waals surface area contributed by atoms with E-state index >= 15 is 0 Å². The van der Waals surface area contributed by atoms with Gasteiger partial charge in [0.2, 0.25) is 0 Å². The monoisotopic (exact) mass is 235 g/mol. The number of hydrogen-bond donors (Lipinski definition) is 1. The van der Waals surface area contributed by atoms with Crippen LogP contribution < -0.4 is 5.32 Å². The predicted molar refractivity (Wildman–Crippen MR) is 68.8 cm³/mol. The molecule has 0 atom stereocenters. The van der Waals surface area contributed by atoms with Crippen molar-refractivity contribution < 1.29 is 4.42 Å². The summed E-state index contributed by atoms with van der Waals surface area (Å²) in [4.78, 5) is 2.63. The van der Waals surface area contributed by atoms with Crippen molar-refractivity contribution in [3.05, 3.63) is 35.1 Å². The highest BCUT2D eigenvalue weighted by atomic mass is 32.1. The molecule has 2 aromatic heterocycles. The topological polar surface area (TPSA) is 25.2 Å². The summed E-state index contributed by atoms with van der Waals surface area (Å²) in [5.41, 5.74) is 1.22. The minimum Gasteiger partial charge on any atom is -0.467 e. The summed E-state index contributed by atoms with van der Waals surface area (Å²) in [7, 11) is 0. The van der Waals surface area contributed by atoms with Crippen LogP contribution in [0.5, 0.6) is 0 Å². The first-order chi connectivity index (χ1) is 7.81. The van der Waals surface area contributed by atoms with Crippen LogP contribution in [0.4, 0.5) is 0 Å². The molecular formula is C13H17NOS. The van der Waals surface area contributed by atoms with E-state index in [2.05, 4.69) is 31.3 Å². The third-order valence-corrected chi connectivity index (χ3v) is 3.50. The smallest absolute Gasteiger partial charge is 0.126 e. The lowest BCUT2D eigenvalue weighted by Crippen LogP contribution is -2.13. The molecule has 0 amide bonds. The highest BCUT2D eigenvalue weighted by Gasteiger charge is 2.09. The standard InChI is InChI=1S/C13H17NOS/c1-3-7-14-9-12-11(6-8-15-12)13-5-4-10(2)16-13/h4-6,8,14H,3,7,9H2,1-2H3. The van der Waals surface area contributed by atoms with E-state index in [0.29, 0.717) is 0 Å². The van der Waals surface area contributed by atoms with Gasteiger partial charge >= 0.3 is 0 Å². The molecule has 0 aromatic carbocycles. The molecule has 0 saturated carbocycles. The van der Waals surface area contributed by atoms with Crippen molar-refractivity contribution in [3.8, 4) is 10.4 Å². The second kappa shape index (κ2) is 5.32. The van der Waals surface area contributed by atoms with Gasteiger partial charge in [-0.2, -0.15) is 0 Å². The third-order valence-electron chi connectivity index (χ3n) is 2.46. The van der Waals surface area contributed by atoms with E-state index < -0.39 is 0 Å². The molecule has 2 rings (SSSR count). The molecule has 2 heterocycles. The summed E-state index contributed by atoms with van der Waals surface area (Å²) in [6.45, 7) is 6.14. The number of hydrogen-bond acceptors (Lipinski definition) is 3. The van der Waals surface area contributed by atoms with Gasteiger partial charge in [-0.3, -0.25) is 0 Å². The van der Waals surface area contributed by atoms with Gasteiger partial charge in [0.15, 0.2) is 0 Å². The maximum absolute atomic E-state index is 5.52. The van der Waals surface area contributed by atoms with Crippen molar-refractivity contribution in [1.82, 2.24) is 5.32 Å². The van der Waals surface area contributed by atoms with E-state index in [0.717, 1.165) is 25.3 Å². The maximum atomic E-state index is 5.52. The zero-order chi connectivity index (χ0) is 11.4. The van der Waals surface area contributed by atoms with Crippen molar-refractivity contribution in [3.63, 3.8) is 0 Å². The van der Waals surface area contributed by atoms with E-state index in [1.165, 1.54) is 15.3 Å². The Balaban J connectivity index is 2.12.